The summed E-state index contributed by atoms with van der Waals surface area (Å²) >= 11 is 6.20. The second kappa shape index (κ2) is 8.60. The van der Waals surface area contributed by atoms with Crippen LogP contribution in [-0.4, -0.2) is 30.3 Å². The van der Waals surface area contributed by atoms with E-state index >= 15 is 0 Å². The van der Waals surface area contributed by atoms with Gasteiger partial charge in [0.15, 0.2) is 0 Å². The summed E-state index contributed by atoms with van der Waals surface area (Å²) in [6, 6.07) is 2.48. The van der Waals surface area contributed by atoms with Gasteiger partial charge in [-0.1, -0.05) is 18.5 Å². The van der Waals surface area contributed by atoms with Crippen LogP contribution in [0.25, 0.3) is 0 Å². The van der Waals surface area contributed by atoms with E-state index in [1.165, 1.54) is 24.8 Å². The molecule has 1 saturated heterocycles. The molecule has 0 bridgehead atoms. The predicted octanol–water partition coefficient (Wildman–Crippen LogP) is 3.60. The Balaban J connectivity index is 1.84. The zero-order valence-electron chi connectivity index (χ0n) is 12.3. The molecule has 0 amide bonds. The lowest BCUT2D eigenvalue weighted by atomic mass is 9.98. The first-order chi connectivity index (χ1) is 9.79. The fourth-order valence-corrected chi connectivity index (χ4v) is 3.02. The van der Waals surface area contributed by atoms with E-state index in [-0.39, 0.29) is 0 Å². The predicted molar refractivity (Wildman–Crippen MR) is 83.2 cm³/mol. The summed E-state index contributed by atoms with van der Waals surface area (Å²) in [5.41, 5.74) is 1.18. The smallest absolute Gasteiger partial charge is 0.0621 e. The molecule has 0 saturated carbocycles. The van der Waals surface area contributed by atoms with Gasteiger partial charge in [-0.05, 0) is 56.7 Å². The summed E-state index contributed by atoms with van der Waals surface area (Å²) in [5, 5.41) is 4.33. The quantitative estimate of drug-likeness (QED) is 0.835. The van der Waals surface area contributed by atoms with Gasteiger partial charge in [-0.25, -0.2) is 0 Å². The molecule has 3 nitrogen and oxygen atoms in total. The van der Waals surface area contributed by atoms with E-state index in [0.717, 1.165) is 37.4 Å². The number of nitrogens with one attached hydrogen (secondary N) is 1. The standard InChI is InChI=1S/C16H25ClN2O/c1-2-19-14(6-7-15-5-3-4-10-20-15)11-13-8-9-18-12-16(13)17/h8-9,12,14-15,19H,2-7,10-11H2,1H3. The van der Waals surface area contributed by atoms with Crippen molar-refractivity contribution in [2.45, 2.75) is 57.6 Å². The number of hydrogen-bond donors (Lipinski definition) is 1. The molecular weight excluding hydrogens is 272 g/mol. The van der Waals surface area contributed by atoms with E-state index in [2.05, 4.69) is 17.2 Å². The topological polar surface area (TPSA) is 34.1 Å². The molecule has 0 aliphatic carbocycles. The Kier molecular flexibility index (Phi) is 6.77. The van der Waals surface area contributed by atoms with Gasteiger partial charge in [0.1, 0.15) is 0 Å². The molecule has 1 aliphatic heterocycles. The molecule has 1 fully saturated rings. The van der Waals surface area contributed by atoms with E-state index in [1.807, 2.05) is 12.3 Å². The van der Waals surface area contributed by atoms with Crippen molar-refractivity contribution >= 4 is 11.6 Å². The molecule has 2 atom stereocenters. The van der Waals surface area contributed by atoms with Crippen molar-refractivity contribution in [1.82, 2.24) is 10.3 Å². The summed E-state index contributed by atoms with van der Waals surface area (Å²) in [6.45, 7) is 4.07. The lowest BCUT2D eigenvalue weighted by Crippen LogP contribution is -2.32. The minimum absolute atomic E-state index is 0.456. The summed E-state index contributed by atoms with van der Waals surface area (Å²) in [7, 11) is 0. The average molecular weight is 297 g/mol. The van der Waals surface area contributed by atoms with Crippen LogP contribution in [-0.2, 0) is 11.2 Å². The molecule has 0 radical (unpaired) electrons. The van der Waals surface area contributed by atoms with Gasteiger partial charge < -0.3 is 10.1 Å². The third-order valence-electron chi connectivity index (χ3n) is 3.93. The van der Waals surface area contributed by atoms with Crippen LogP contribution in [0.15, 0.2) is 18.5 Å². The van der Waals surface area contributed by atoms with Gasteiger partial charge in [0, 0.05) is 25.0 Å². The summed E-state index contributed by atoms with van der Waals surface area (Å²) in [5.74, 6) is 0. The van der Waals surface area contributed by atoms with Gasteiger partial charge >= 0.3 is 0 Å². The maximum absolute atomic E-state index is 6.20. The molecule has 4 heteroatoms. The Morgan fingerprint density at radius 2 is 2.40 bits per heavy atom. The van der Waals surface area contributed by atoms with Gasteiger partial charge in [0.05, 0.1) is 11.1 Å². The maximum atomic E-state index is 6.20. The van der Waals surface area contributed by atoms with Crippen LogP contribution in [0.4, 0.5) is 0 Å². The summed E-state index contributed by atoms with van der Waals surface area (Å²) in [4.78, 5) is 4.05. The van der Waals surface area contributed by atoms with E-state index < -0.39 is 0 Å². The van der Waals surface area contributed by atoms with Crippen LogP contribution in [0.1, 0.15) is 44.6 Å². The summed E-state index contributed by atoms with van der Waals surface area (Å²) in [6.07, 6.45) is 11.0. The van der Waals surface area contributed by atoms with Crippen LogP contribution in [0.2, 0.25) is 5.02 Å². The lowest BCUT2D eigenvalue weighted by molar-refractivity contribution is 0.00861. The molecule has 112 valence electrons. The molecule has 2 heterocycles. The van der Waals surface area contributed by atoms with Crippen LogP contribution in [0.3, 0.4) is 0 Å². The van der Waals surface area contributed by atoms with Gasteiger partial charge in [-0.15, -0.1) is 0 Å². The monoisotopic (exact) mass is 296 g/mol. The highest BCUT2D eigenvalue weighted by Gasteiger charge is 2.17. The fraction of sp³-hybridized carbons (Fsp3) is 0.688. The molecule has 20 heavy (non-hydrogen) atoms. The second-order valence-corrected chi connectivity index (χ2v) is 5.90. The van der Waals surface area contributed by atoms with Crippen molar-refractivity contribution in [1.29, 1.82) is 0 Å². The number of rotatable bonds is 7. The number of halogens is 1. The van der Waals surface area contributed by atoms with E-state index in [9.17, 15) is 0 Å². The van der Waals surface area contributed by atoms with Gasteiger partial charge in [0.2, 0.25) is 0 Å². The van der Waals surface area contributed by atoms with E-state index in [4.69, 9.17) is 16.3 Å². The summed E-state index contributed by atoms with van der Waals surface area (Å²) < 4.78 is 5.82. The SMILES string of the molecule is CCNC(CCC1CCCCO1)Cc1ccncc1Cl. The molecule has 1 aromatic rings. The first-order valence-electron chi connectivity index (χ1n) is 7.73. The highest BCUT2D eigenvalue weighted by atomic mass is 35.5. The van der Waals surface area contributed by atoms with Gasteiger partial charge in [-0.2, -0.15) is 0 Å². The Morgan fingerprint density at radius 1 is 1.50 bits per heavy atom. The minimum atomic E-state index is 0.456. The minimum Gasteiger partial charge on any atom is -0.378 e. The number of likely N-dealkylation sites (N-methyl/N-ethyl adjacent to an activating group) is 1. The van der Waals surface area contributed by atoms with Crippen molar-refractivity contribution in [3.63, 3.8) is 0 Å². The molecule has 2 unspecified atom stereocenters. The normalized spacial score (nSPS) is 20.8. The van der Waals surface area contributed by atoms with Crippen molar-refractivity contribution in [2.24, 2.45) is 0 Å². The van der Waals surface area contributed by atoms with Crippen LogP contribution < -0.4 is 5.32 Å². The van der Waals surface area contributed by atoms with Crippen molar-refractivity contribution in [3.8, 4) is 0 Å². The number of pyridine rings is 1. The van der Waals surface area contributed by atoms with Crippen LogP contribution >= 0.6 is 11.6 Å². The highest BCUT2D eigenvalue weighted by Crippen LogP contribution is 2.21. The maximum Gasteiger partial charge on any atom is 0.0621 e. The molecule has 0 spiro atoms. The molecule has 1 aliphatic rings. The molecule has 0 aromatic carbocycles. The van der Waals surface area contributed by atoms with Crippen molar-refractivity contribution in [2.75, 3.05) is 13.2 Å². The number of aromatic nitrogens is 1. The first kappa shape index (κ1) is 15.7. The number of nitrogens with zero attached hydrogens (tertiary/aromatic N) is 1. The largest absolute Gasteiger partial charge is 0.378 e. The molecule has 1 N–H and O–H groups in total. The van der Waals surface area contributed by atoms with Crippen LogP contribution in [0.5, 0.6) is 0 Å². The molecule has 2 rings (SSSR count). The van der Waals surface area contributed by atoms with E-state index in [0.29, 0.717) is 12.1 Å². The highest BCUT2D eigenvalue weighted by molar-refractivity contribution is 6.31. The molecule has 1 aromatic heterocycles. The lowest BCUT2D eigenvalue weighted by Gasteiger charge is -2.25. The van der Waals surface area contributed by atoms with Crippen molar-refractivity contribution < 1.29 is 4.74 Å². The van der Waals surface area contributed by atoms with Gasteiger partial charge in [-0.3, -0.25) is 4.98 Å². The fourth-order valence-electron chi connectivity index (χ4n) is 2.82. The van der Waals surface area contributed by atoms with E-state index in [1.54, 1.807) is 6.20 Å². The molecular formula is C16H25ClN2O. The third kappa shape index (κ3) is 5.04. The Morgan fingerprint density at radius 3 is 3.10 bits per heavy atom. The zero-order valence-corrected chi connectivity index (χ0v) is 13.0. The zero-order chi connectivity index (χ0) is 14.2. The van der Waals surface area contributed by atoms with Crippen molar-refractivity contribution in [3.05, 3.63) is 29.0 Å². The average Bonchev–Trinajstić information content (AvgIpc) is 2.48. The Labute approximate surface area is 127 Å². The van der Waals surface area contributed by atoms with Gasteiger partial charge in [0.25, 0.3) is 0 Å². The Bertz CT molecular complexity index is 394. The Hall–Kier alpha value is -0.640. The first-order valence-corrected chi connectivity index (χ1v) is 8.10. The number of ether oxygens (including phenoxy) is 1. The van der Waals surface area contributed by atoms with Crippen LogP contribution in [0, 0.1) is 0 Å². The second-order valence-electron chi connectivity index (χ2n) is 5.49. The third-order valence-corrected chi connectivity index (χ3v) is 4.27. The number of hydrogen-bond acceptors (Lipinski definition) is 3.